The highest BCUT2D eigenvalue weighted by Gasteiger charge is 2.23. The van der Waals surface area contributed by atoms with Crippen molar-refractivity contribution >= 4 is 0 Å². The summed E-state index contributed by atoms with van der Waals surface area (Å²) in [6.45, 7) is 8.83. The predicted octanol–water partition coefficient (Wildman–Crippen LogP) is 5.42. The molecular weight excluding hydrogens is 244 g/mol. The number of aliphatic hydroxyl groups excluding tert-OH is 1. The van der Waals surface area contributed by atoms with Crippen LogP contribution in [0.25, 0.3) is 0 Å². The fourth-order valence-corrected chi connectivity index (χ4v) is 2.94. The van der Waals surface area contributed by atoms with Gasteiger partial charge < -0.3 is 5.11 Å². The van der Waals surface area contributed by atoms with Gasteiger partial charge in [-0.05, 0) is 71.1 Å². The van der Waals surface area contributed by atoms with E-state index >= 15 is 0 Å². The molecule has 0 heterocycles. The Kier molecular flexibility index (Phi) is 7.91. The number of allylic oxidation sites excluding steroid dienone is 5. The number of rotatable bonds is 4. The molecule has 0 spiro atoms. The Morgan fingerprint density at radius 3 is 2.85 bits per heavy atom. The van der Waals surface area contributed by atoms with E-state index in [1.165, 1.54) is 17.6 Å². The van der Waals surface area contributed by atoms with Crippen LogP contribution < -0.4 is 0 Å². The first-order valence-electron chi connectivity index (χ1n) is 8.14. The van der Waals surface area contributed by atoms with Gasteiger partial charge in [0.1, 0.15) is 0 Å². The molecule has 3 atom stereocenters. The molecule has 1 aliphatic carbocycles. The van der Waals surface area contributed by atoms with Gasteiger partial charge in [-0.25, -0.2) is 0 Å². The summed E-state index contributed by atoms with van der Waals surface area (Å²) in [5.41, 5.74) is 2.87. The molecule has 0 aromatic carbocycles. The summed E-state index contributed by atoms with van der Waals surface area (Å²) in [5.74, 6) is 0.954. The van der Waals surface area contributed by atoms with Gasteiger partial charge in [0.15, 0.2) is 0 Å². The van der Waals surface area contributed by atoms with E-state index in [4.69, 9.17) is 0 Å². The zero-order valence-corrected chi connectivity index (χ0v) is 13.7. The summed E-state index contributed by atoms with van der Waals surface area (Å²) in [6, 6.07) is 0. The SMILES string of the molecule is CC(C)=CCC[C@H](C)[C@@H]1CC/C(C)=C/CC/C=C/[C@@H]1O. The molecule has 1 N–H and O–H groups in total. The van der Waals surface area contributed by atoms with Crippen LogP contribution in [-0.4, -0.2) is 11.2 Å². The Labute approximate surface area is 125 Å². The standard InChI is InChI=1S/C19H32O/c1-15(2)9-8-11-17(4)18-14-13-16(3)10-6-5-7-12-19(18)20/h7,9-10,12,17-20H,5-6,8,11,13-14H2,1-4H3/b12-7+,16-10+/t17-,18-,19-/m0/s1. The van der Waals surface area contributed by atoms with Gasteiger partial charge in [-0.3, -0.25) is 0 Å². The fraction of sp³-hybridized carbons (Fsp3) is 0.684. The Bertz CT molecular complexity index is 358. The average molecular weight is 276 g/mol. The molecule has 1 rings (SSSR count). The predicted molar refractivity (Wildman–Crippen MR) is 88.7 cm³/mol. The molecule has 1 nitrogen and oxygen atoms in total. The molecule has 20 heavy (non-hydrogen) atoms. The van der Waals surface area contributed by atoms with Crippen LogP contribution in [-0.2, 0) is 0 Å². The van der Waals surface area contributed by atoms with Gasteiger partial charge in [-0.2, -0.15) is 0 Å². The molecule has 1 aliphatic rings. The normalized spacial score (nSPS) is 29.9. The minimum Gasteiger partial charge on any atom is -0.389 e. The molecule has 0 unspecified atom stereocenters. The summed E-state index contributed by atoms with van der Waals surface area (Å²) in [7, 11) is 0. The van der Waals surface area contributed by atoms with Crippen molar-refractivity contribution in [2.45, 2.75) is 72.3 Å². The highest BCUT2D eigenvalue weighted by atomic mass is 16.3. The molecule has 0 saturated heterocycles. The van der Waals surface area contributed by atoms with Gasteiger partial charge in [-0.15, -0.1) is 0 Å². The Morgan fingerprint density at radius 2 is 2.15 bits per heavy atom. The lowest BCUT2D eigenvalue weighted by Crippen LogP contribution is -2.25. The third kappa shape index (κ3) is 6.56. The molecule has 0 radical (unpaired) electrons. The van der Waals surface area contributed by atoms with Gasteiger partial charge in [0, 0.05) is 0 Å². The number of hydrogen-bond acceptors (Lipinski definition) is 1. The van der Waals surface area contributed by atoms with Crippen molar-refractivity contribution in [2.24, 2.45) is 11.8 Å². The van der Waals surface area contributed by atoms with Crippen LogP contribution in [0.2, 0.25) is 0 Å². The van der Waals surface area contributed by atoms with Gasteiger partial charge >= 0.3 is 0 Å². The third-order valence-electron chi connectivity index (χ3n) is 4.38. The molecule has 0 aromatic rings. The minimum absolute atomic E-state index is 0.275. The molecular formula is C19H32O. The topological polar surface area (TPSA) is 20.2 Å². The summed E-state index contributed by atoms with van der Waals surface area (Å²) in [6.07, 6.45) is 15.2. The van der Waals surface area contributed by atoms with E-state index in [9.17, 15) is 5.11 Å². The van der Waals surface area contributed by atoms with Gasteiger partial charge in [-0.1, -0.05) is 42.4 Å². The molecule has 0 fully saturated rings. The second-order valence-electron chi connectivity index (χ2n) is 6.59. The zero-order chi connectivity index (χ0) is 15.0. The highest BCUT2D eigenvalue weighted by Crippen LogP contribution is 2.29. The highest BCUT2D eigenvalue weighted by molar-refractivity contribution is 5.03. The summed E-state index contributed by atoms with van der Waals surface area (Å²) in [5, 5.41) is 10.4. The lowest BCUT2D eigenvalue weighted by atomic mass is 9.81. The Hall–Kier alpha value is -0.820. The van der Waals surface area contributed by atoms with Crippen molar-refractivity contribution in [1.82, 2.24) is 0 Å². The van der Waals surface area contributed by atoms with Crippen LogP contribution >= 0.6 is 0 Å². The first kappa shape index (κ1) is 17.2. The quantitative estimate of drug-likeness (QED) is 0.679. The van der Waals surface area contributed by atoms with Crippen LogP contribution in [0.5, 0.6) is 0 Å². The largest absolute Gasteiger partial charge is 0.389 e. The molecule has 0 amide bonds. The fourth-order valence-electron chi connectivity index (χ4n) is 2.94. The Morgan fingerprint density at radius 1 is 1.40 bits per heavy atom. The Balaban J connectivity index is 2.63. The lowest BCUT2D eigenvalue weighted by Gasteiger charge is -2.27. The number of aliphatic hydroxyl groups is 1. The van der Waals surface area contributed by atoms with Crippen LogP contribution in [0.1, 0.15) is 66.2 Å². The number of hydrogen-bond donors (Lipinski definition) is 1. The third-order valence-corrected chi connectivity index (χ3v) is 4.38. The van der Waals surface area contributed by atoms with Crippen molar-refractivity contribution in [2.75, 3.05) is 0 Å². The van der Waals surface area contributed by atoms with E-state index in [-0.39, 0.29) is 6.10 Å². The molecule has 114 valence electrons. The van der Waals surface area contributed by atoms with E-state index < -0.39 is 0 Å². The van der Waals surface area contributed by atoms with E-state index in [0.717, 1.165) is 32.1 Å². The van der Waals surface area contributed by atoms with Crippen LogP contribution in [0.15, 0.2) is 35.5 Å². The molecule has 1 heteroatoms. The van der Waals surface area contributed by atoms with E-state index in [0.29, 0.717) is 11.8 Å². The van der Waals surface area contributed by atoms with Crippen LogP contribution in [0, 0.1) is 11.8 Å². The van der Waals surface area contributed by atoms with Crippen molar-refractivity contribution in [3.63, 3.8) is 0 Å². The summed E-state index contributed by atoms with van der Waals surface area (Å²) >= 11 is 0. The summed E-state index contributed by atoms with van der Waals surface area (Å²) < 4.78 is 0. The second-order valence-corrected chi connectivity index (χ2v) is 6.59. The van der Waals surface area contributed by atoms with E-state index in [1.54, 1.807) is 0 Å². The van der Waals surface area contributed by atoms with Crippen molar-refractivity contribution in [1.29, 1.82) is 0 Å². The molecule has 0 aromatic heterocycles. The molecule has 0 aliphatic heterocycles. The molecule has 0 saturated carbocycles. The minimum atomic E-state index is -0.275. The maximum atomic E-state index is 10.4. The van der Waals surface area contributed by atoms with Crippen LogP contribution in [0.4, 0.5) is 0 Å². The maximum absolute atomic E-state index is 10.4. The zero-order valence-electron chi connectivity index (χ0n) is 13.7. The monoisotopic (exact) mass is 276 g/mol. The van der Waals surface area contributed by atoms with Crippen molar-refractivity contribution in [3.05, 3.63) is 35.5 Å². The van der Waals surface area contributed by atoms with Crippen molar-refractivity contribution in [3.8, 4) is 0 Å². The second kappa shape index (κ2) is 9.18. The van der Waals surface area contributed by atoms with Gasteiger partial charge in [0.25, 0.3) is 0 Å². The summed E-state index contributed by atoms with van der Waals surface area (Å²) in [4.78, 5) is 0. The smallest absolute Gasteiger partial charge is 0.0751 e. The first-order chi connectivity index (χ1) is 9.50. The van der Waals surface area contributed by atoms with Crippen LogP contribution in [0.3, 0.4) is 0 Å². The van der Waals surface area contributed by atoms with Gasteiger partial charge in [0.2, 0.25) is 0 Å². The average Bonchev–Trinajstić information content (AvgIpc) is 2.37. The van der Waals surface area contributed by atoms with E-state index in [1.807, 2.05) is 6.08 Å². The first-order valence-corrected chi connectivity index (χ1v) is 8.14. The van der Waals surface area contributed by atoms with E-state index in [2.05, 4.69) is 45.9 Å². The molecule has 0 bridgehead atoms. The van der Waals surface area contributed by atoms with Crippen molar-refractivity contribution < 1.29 is 5.11 Å². The van der Waals surface area contributed by atoms with Gasteiger partial charge in [0.05, 0.1) is 6.10 Å². The maximum Gasteiger partial charge on any atom is 0.0751 e. The lowest BCUT2D eigenvalue weighted by molar-refractivity contribution is 0.107.